The molecule has 1 saturated heterocycles. The molecule has 2 aromatic rings. The molecule has 1 saturated carbocycles. The van der Waals surface area contributed by atoms with E-state index in [0.717, 1.165) is 49.2 Å². The Morgan fingerprint density at radius 1 is 1.32 bits per heavy atom. The van der Waals surface area contributed by atoms with Crippen LogP contribution in [0, 0.1) is 0 Å². The van der Waals surface area contributed by atoms with Gasteiger partial charge in [0.2, 0.25) is 5.89 Å². The molecule has 2 aromatic heterocycles. The number of likely N-dealkylation sites (tertiary alicyclic amines) is 1. The molecule has 0 aromatic carbocycles. The first-order valence-corrected chi connectivity index (χ1v) is 7.97. The van der Waals surface area contributed by atoms with Crippen LogP contribution in [0.1, 0.15) is 60.9 Å². The molecule has 0 radical (unpaired) electrons. The zero-order valence-corrected chi connectivity index (χ0v) is 12.8. The molecular weight excluding hydrogens is 282 g/mol. The van der Waals surface area contributed by atoms with Crippen molar-refractivity contribution in [1.82, 2.24) is 15.0 Å². The van der Waals surface area contributed by atoms with Gasteiger partial charge in [-0.3, -0.25) is 4.90 Å². The van der Waals surface area contributed by atoms with E-state index in [2.05, 4.69) is 21.1 Å². The Morgan fingerprint density at radius 3 is 3.05 bits per heavy atom. The lowest BCUT2D eigenvalue weighted by molar-refractivity contribution is 0.155. The molecule has 2 aliphatic rings. The maximum Gasteiger partial charge on any atom is 0.229 e. The molecule has 1 aliphatic carbocycles. The van der Waals surface area contributed by atoms with Gasteiger partial charge in [-0.1, -0.05) is 5.16 Å². The molecule has 4 rings (SSSR count). The van der Waals surface area contributed by atoms with Crippen molar-refractivity contribution in [3.8, 4) is 0 Å². The van der Waals surface area contributed by atoms with Gasteiger partial charge >= 0.3 is 0 Å². The maximum absolute atomic E-state index is 5.90. The minimum atomic E-state index is 0.300. The minimum Gasteiger partial charge on any atom is -0.462 e. The number of aromatic nitrogens is 2. The van der Waals surface area contributed by atoms with Gasteiger partial charge in [0.05, 0.1) is 12.6 Å². The van der Waals surface area contributed by atoms with Gasteiger partial charge in [-0.15, -0.1) is 0 Å². The fraction of sp³-hybridized carbons (Fsp3) is 0.625. The second-order valence-electron chi connectivity index (χ2n) is 6.19. The first-order chi connectivity index (χ1) is 10.8. The van der Waals surface area contributed by atoms with Gasteiger partial charge in [0.25, 0.3) is 0 Å². The topological polar surface area (TPSA) is 64.5 Å². The van der Waals surface area contributed by atoms with Gasteiger partial charge in [-0.25, -0.2) is 0 Å². The Morgan fingerprint density at radius 2 is 2.23 bits per heavy atom. The predicted molar refractivity (Wildman–Crippen MR) is 78.1 cm³/mol. The summed E-state index contributed by atoms with van der Waals surface area (Å²) < 4.78 is 16.4. The average Bonchev–Trinajstić information content (AvgIpc) is 2.92. The summed E-state index contributed by atoms with van der Waals surface area (Å²) in [7, 11) is 1.68. The third kappa shape index (κ3) is 2.80. The molecule has 1 atom stereocenters. The third-order valence-electron chi connectivity index (χ3n) is 4.42. The quantitative estimate of drug-likeness (QED) is 0.817. The summed E-state index contributed by atoms with van der Waals surface area (Å²) in [6.07, 6.45) is 4.64. The Kier molecular flexibility index (Phi) is 3.72. The van der Waals surface area contributed by atoms with E-state index in [0.29, 0.717) is 18.6 Å². The van der Waals surface area contributed by atoms with E-state index >= 15 is 0 Å². The van der Waals surface area contributed by atoms with Gasteiger partial charge in [0, 0.05) is 13.0 Å². The Bertz CT molecular complexity index is 632. The lowest BCUT2D eigenvalue weighted by Gasteiger charge is -2.20. The van der Waals surface area contributed by atoms with Crippen LogP contribution in [-0.4, -0.2) is 28.7 Å². The van der Waals surface area contributed by atoms with Crippen LogP contribution < -0.4 is 0 Å². The summed E-state index contributed by atoms with van der Waals surface area (Å²) >= 11 is 0. The smallest absolute Gasteiger partial charge is 0.229 e. The summed E-state index contributed by atoms with van der Waals surface area (Å²) in [6.45, 7) is 2.28. The summed E-state index contributed by atoms with van der Waals surface area (Å²) in [4.78, 5) is 6.90. The molecule has 0 N–H and O–H groups in total. The molecule has 0 amide bonds. The van der Waals surface area contributed by atoms with Gasteiger partial charge < -0.3 is 13.7 Å². The highest BCUT2D eigenvalue weighted by atomic mass is 16.5. The zero-order chi connectivity index (χ0) is 14.9. The largest absolute Gasteiger partial charge is 0.462 e. The first-order valence-electron chi connectivity index (χ1n) is 7.97. The first kappa shape index (κ1) is 14.0. The summed E-state index contributed by atoms with van der Waals surface area (Å²) in [5.41, 5.74) is 0. The Hall–Kier alpha value is -1.66. The summed E-state index contributed by atoms with van der Waals surface area (Å²) in [6, 6.07) is 4.35. The van der Waals surface area contributed by atoms with Crippen molar-refractivity contribution < 1.29 is 13.7 Å². The number of hydrogen-bond acceptors (Lipinski definition) is 6. The van der Waals surface area contributed by atoms with Crippen molar-refractivity contribution in [2.45, 2.75) is 50.8 Å². The lowest BCUT2D eigenvalue weighted by Crippen LogP contribution is -2.23. The van der Waals surface area contributed by atoms with E-state index in [4.69, 9.17) is 13.7 Å². The van der Waals surface area contributed by atoms with E-state index in [-0.39, 0.29) is 0 Å². The third-order valence-corrected chi connectivity index (χ3v) is 4.42. The van der Waals surface area contributed by atoms with E-state index in [1.165, 1.54) is 12.8 Å². The van der Waals surface area contributed by atoms with Gasteiger partial charge in [0.15, 0.2) is 5.82 Å². The second kappa shape index (κ2) is 5.85. The molecule has 6 heteroatoms. The molecule has 1 aliphatic heterocycles. The number of ether oxygens (including phenoxy) is 1. The van der Waals surface area contributed by atoms with Crippen molar-refractivity contribution >= 4 is 0 Å². The van der Waals surface area contributed by atoms with Crippen molar-refractivity contribution in [2.24, 2.45) is 0 Å². The Labute approximate surface area is 129 Å². The zero-order valence-electron chi connectivity index (χ0n) is 12.8. The molecule has 118 valence electrons. The highest BCUT2D eigenvalue weighted by Gasteiger charge is 2.32. The van der Waals surface area contributed by atoms with Gasteiger partial charge in [-0.2, -0.15) is 4.98 Å². The summed E-state index contributed by atoms with van der Waals surface area (Å²) in [5.74, 6) is 4.00. The number of methoxy groups -OCH3 is 1. The Balaban J connectivity index is 1.45. The van der Waals surface area contributed by atoms with Crippen molar-refractivity contribution in [2.75, 3.05) is 13.7 Å². The van der Waals surface area contributed by atoms with Crippen LogP contribution in [0.5, 0.6) is 0 Å². The maximum atomic E-state index is 5.90. The average molecular weight is 303 g/mol. The van der Waals surface area contributed by atoms with Crippen molar-refractivity contribution in [1.29, 1.82) is 0 Å². The summed E-state index contributed by atoms with van der Waals surface area (Å²) in [5, 5.41) is 4.13. The van der Waals surface area contributed by atoms with Crippen LogP contribution >= 0.6 is 0 Å². The lowest BCUT2D eigenvalue weighted by atomic mass is 10.1. The molecule has 6 nitrogen and oxygen atoms in total. The van der Waals surface area contributed by atoms with E-state index in [1.54, 1.807) is 7.11 Å². The van der Waals surface area contributed by atoms with Crippen LogP contribution in [0.2, 0.25) is 0 Å². The monoisotopic (exact) mass is 303 g/mol. The molecule has 0 spiro atoms. The van der Waals surface area contributed by atoms with Crippen LogP contribution in [-0.2, 0) is 17.9 Å². The fourth-order valence-electron chi connectivity index (χ4n) is 3.14. The number of rotatable bonds is 6. The van der Waals surface area contributed by atoms with E-state index in [1.807, 2.05) is 6.07 Å². The predicted octanol–water partition coefficient (Wildman–Crippen LogP) is 3.02. The standard InChI is InChI=1S/C16H21N3O3/c1-20-10-12-6-7-14(21-12)13-3-2-8-19(13)9-15-17-16(22-18-15)11-4-5-11/h6-7,11,13H,2-5,8-10H2,1H3. The van der Waals surface area contributed by atoms with E-state index in [9.17, 15) is 0 Å². The molecular formula is C16H21N3O3. The highest BCUT2D eigenvalue weighted by molar-refractivity contribution is 5.12. The second-order valence-corrected chi connectivity index (χ2v) is 6.19. The molecule has 2 fully saturated rings. The van der Waals surface area contributed by atoms with Crippen molar-refractivity contribution in [3.05, 3.63) is 35.4 Å². The number of hydrogen-bond donors (Lipinski definition) is 0. The normalized spacial score (nSPS) is 22.5. The number of nitrogens with zero attached hydrogens (tertiary/aromatic N) is 3. The van der Waals surface area contributed by atoms with Crippen molar-refractivity contribution in [3.63, 3.8) is 0 Å². The van der Waals surface area contributed by atoms with E-state index < -0.39 is 0 Å². The molecule has 0 bridgehead atoms. The SMILES string of the molecule is COCc1ccc(C2CCCN2Cc2noc(C3CC3)n2)o1. The van der Waals surface area contributed by atoms with Crippen LogP contribution in [0.25, 0.3) is 0 Å². The number of furan rings is 1. The van der Waals surface area contributed by atoms with Gasteiger partial charge in [0.1, 0.15) is 18.1 Å². The van der Waals surface area contributed by atoms with Crippen LogP contribution in [0.4, 0.5) is 0 Å². The fourth-order valence-corrected chi connectivity index (χ4v) is 3.14. The minimum absolute atomic E-state index is 0.300. The molecule has 22 heavy (non-hydrogen) atoms. The molecule has 3 heterocycles. The van der Waals surface area contributed by atoms with Crippen LogP contribution in [0.15, 0.2) is 21.1 Å². The van der Waals surface area contributed by atoms with Gasteiger partial charge in [-0.05, 0) is 44.4 Å². The molecule has 1 unspecified atom stereocenters. The van der Waals surface area contributed by atoms with Crippen LogP contribution in [0.3, 0.4) is 0 Å². The highest BCUT2D eigenvalue weighted by Crippen LogP contribution is 2.39.